The van der Waals surface area contributed by atoms with Crippen molar-refractivity contribution < 1.29 is 14.3 Å². The summed E-state index contributed by atoms with van der Waals surface area (Å²) in [5.74, 6) is 1.63. The molecule has 1 heterocycles. The van der Waals surface area contributed by atoms with Crippen molar-refractivity contribution in [2.45, 2.75) is 17.8 Å². The van der Waals surface area contributed by atoms with Gasteiger partial charge in [-0.1, -0.05) is 30.0 Å². The van der Waals surface area contributed by atoms with Crippen molar-refractivity contribution in [3.05, 3.63) is 53.6 Å². The molecule has 1 aromatic heterocycles. The zero-order chi connectivity index (χ0) is 18.5. The van der Waals surface area contributed by atoms with Crippen LogP contribution in [-0.4, -0.2) is 40.2 Å². The molecule has 3 aromatic rings. The minimum atomic E-state index is -0.0649. The molecule has 0 saturated carbocycles. The fourth-order valence-electron chi connectivity index (χ4n) is 2.50. The van der Waals surface area contributed by atoms with E-state index in [2.05, 4.69) is 15.5 Å². The van der Waals surface area contributed by atoms with Crippen LogP contribution < -0.4 is 9.47 Å². The van der Waals surface area contributed by atoms with Crippen LogP contribution in [0.2, 0.25) is 0 Å². The predicted octanol–water partition coefficient (Wildman–Crippen LogP) is 3.17. The smallest absolute Gasteiger partial charge is 0.214 e. The average molecular weight is 370 g/mol. The summed E-state index contributed by atoms with van der Waals surface area (Å²) in [5.41, 5.74) is 2.27. The Kier molecular flexibility index (Phi) is 5.52. The lowest BCUT2D eigenvalue weighted by Gasteiger charge is -2.13. The van der Waals surface area contributed by atoms with Gasteiger partial charge in [0.1, 0.15) is 11.5 Å². The molecule has 0 atom stereocenters. The van der Waals surface area contributed by atoms with Gasteiger partial charge in [0, 0.05) is 17.4 Å². The maximum absolute atomic E-state index is 11.9. The molecule has 0 spiro atoms. The largest absolute Gasteiger partial charge is 0.496 e. The van der Waals surface area contributed by atoms with Crippen LogP contribution >= 0.6 is 11.8 Å². The highest BCUT2D eigenvalue weighted by Crippen LogP contribution is 2.33. The van der Waals surface area contributed by atoms with Crippen molar-refractivity contribution >= 4 is 17.5 Å². The molecule has 0 aliphatic heterocycles. The summed E-state index contributed by atoms with van der Waals surface area (Å²) in [5, 5.41) is 12.5. The van der Waals surface area contributed by atoms with E-state index >= 15 is 0 Å². The van der Waals surface area contributed by atoms with Gasteiger partial charge in [0.05, 0.1) is 25.5 Å². The first kappa shape index (κ1) is 17.9. The van der Waals surface area contributed by atoms with E-state index in [9.17, 15) is 4.79 Å². The maximum Gasteiger partial charge on any atom is 0.214 e. The number of nitrogens with zero attached hydrogens (tertiary/aromatic N) is 4. The van der Waals surface area contributed by atoms with E-state index in [4.69, 9.17) is 9.47 Å². The number of hydrogen-bond donors (Lipinski definition) is 0. The fraction of sp³-hybridized carbons (Fsp3) is 0.222. The van der Waals surface area contributed by atoms with E-state index < -0.39 is 0 Å². The Morgan fingerprint density at radius 3 is 2.50 bits per heavy atom. The van der Waals surface area contributed by atoms with Crippen LogP contribution in [0.3, 0.4) is 0 Å². The van der Waals surface area contributed by atoms with E-state index in [1.54, 1.807) is 23.9 Å². The van der Waals surface area contributed by atoms with Gasteiger partial charge >= 0.3 is 0 Å². The lowest BCUT2D eigenvalue weighted by atomic mass is 10.1. The second-order valence-electron chi connectivity index (χ2n) is 5.42. The van der Waals surface area contributed by atoms with Gasteiger partial charge in [0.25, 0.3) is 0 Å². The molecule has 0 saturated heterocycles. The van der Waals surface area contributed by atoms with Crippen molar-refractivity contribution in [1.82, 2.24) is 20.2 Å². The van der Waals surface area contributed by atoms with Crippen LogP contribution in [0.15, 0.2) is 47.6 Å². The van der Waals surface area contributed by atoms with E-state index in [1.807, 2.05) is 30.3 Å². The van der Waals surface area contributed by atoms with Crippen molar-refractivity contribution in [3.8, 4) is 17.2 Å². The first-order valence-electron chi connectivity index (χ1n) is 7.86. The summed E-state index contributed by atoms with van der Waals surface area (Å²) < 4.78 is 12.4. The monoisotopic (exact) mass is 370 g/mol. The third kappa shape index (κ3) is 3.70. The topological polar surface area (TPSA) is 79.1 Å². The highest BCUT2D eigenvalue weighted by molar-refractivity contribution is 7.98. The zero-order valence-electron chi connectivity index (χ0n) is 14.7. The second-order valence-corrected chi connectivity index (χ2v) is 6.36. The van der Waals surface area contributed by atoms with Crippen molar-refractivity contribution in [3.63, 3.8) is 0 Å². The molecule has 0 radical (unpaired) electrons. The number of aromatic nitrogens is 4. The van der Waals surface area contributed by atoms with Crippen molar-refractivity contribution in [2.75, 3.05) is 14.2 Å². The number of ether oxygens (including phenoxy) is 2. The highest BCUT2D eigenvalue weighted by atomic mass is 32.2. The number of Topliss-reactive ketones (excluding diaryl/α,β-unsaturated/α-hetero) is 1. The maximum atomic E-state index is 11.9. The van der Waals surface area contributed by atoms with Gasteiger partial charge in [0.2, 0.25) is 5.16 Å². The Labute approximate surface area is 155 Å². The first-order chi connectivity index (χ1) is 12.6. The SMILES string of the molecule is COc1cc(OC)c(C(C)=O)cc1CSc1nnnn1-c1ccccc1. The molecule has 134 valence electrons. The Morgan fingerprint density at radius 2 is 1.85 bits per heavy atom. The summed E-state index contributed by atoms with van der Waals surface area (Å²) in [4.78, 5) is 11.9. The fourth-order valence-corrected chi connectivity index (χ4v) is 3.36. The van der Waals surface area contributed by atoms with Gasteiger partial charge in [-0.05, 0) is 35.5 Å². The van der Waals surface area contributed by atoms with Crippen LogP contribution in [0.4, 0.5) is 0 Å². The van der Waals surface area contributed by atoms with E-state index in [-0.39, 0.29) is 5.78 Å². The highest BCUT2D eigenvalue weighted by Gasteiger charge is 2.16. The lowest BCUT2D eigenvalue weighted by Crippen LogP contribution is -2.02. The number of methoxy groups -OCH3 is 2. The summed E-state index contributed by atoms with van der Waals surface area (Å²) in [6.45, 7) is 1.51. The van der Waals surface area contributed by atoms with Crippen molar-refractivity contribution in [2.24, 2.45) is 0 Å². The molecule has 0 amide bonds. The zero-order valence-corrected chi connectivity index (χ0v) is 15.5. The van der Waals surface area contributed by atoms with Gasteiger partial charge in [-0.2, -0.15) is 4.68 Å². The Morgan fingerprint density at radius 1 is 1.12 bits per heavy atom. The second kappa shape index (κ2) is 8.01. The molecule has 0 fully saturated rings. The van der Waals surface area contributed by atoms with Crippen LogP contribution in [0.25, 0.3) is 5.69 Å². The number of carbonyl (C=O) groups is 1. The molecule has 0 unspecified atom stereocenters. The summed E-state index contributed by atoms with van der Waals surface area (Å²) in [6.07, 6.45) is 0. The van der Waals surface area contributed by atoms with Crippen molar-refractivity contribution in [1.29, 1.82) is 0 Å². The molecule has 0 N–H and O–H groups in total. The number of thioether (sulfide) groups is 1. The molecular weight excluding hydrogens is 352 g/mol. The summed E-state index contributed by atoms with van der Waals surface area (Å²) in [6, 6.07) is 13.2. The molecule has 2 aromatic carbocycles. The number of benzene rings is 2. The van der Waals surface area contributed by atoms with Gasteiger partial charge in [-0.15, -0.1) is 5.10 Å². The van der Waals surface area contributed by atoms with Crippen LogP contribution in [0.1, 0.15) is 22.8 Å². The molecule has 0 bridgehead atoms. The number of ketones is 1. The van der Waals surface area contributed by atoms with Gasteiger partial charge in [-0.3, -0.25) is 4.79 Å². The number of para-hydroxylation sites is 1. The van der Waals surface area contributed by atoms with E-state index in [0.29, 0.717) is 28.0 Å². The van der Waals surface area contributed by atoms with E-state index in [1.165, 1.54) is 25.8 Å². The summed E-state index contributed by atoms with van der Waals surface area (Å²) in [7, 11) is 3.12. The first-order valence-corrected chi connectivity index (χ1v) is 8.85. The van der Waals surface area contributed by atoms with Gasteiger partial charge < -0.3 is 9.47 Å². The van der Waals surface area contributed by atoms with Crippen LogP contribution in [-0.2, 0) is 5.75 Å². The number of tetrazole rings is 1. The third-order valence-corrected chi connectivity index (χ3v) is 4.75. The number of rotatable bonds is 7. The van der Waals surface area contributed by atoms with E-state index in [0.717, 1.165) is 11.3 Å². The average Bonchev–Trinajstić information content (AvgIpc) is 3.14. The Balaban J connectivity index is 1.88. The normalized spacial score (nSPS) is 10.6. The summed E-state index contributed by atoms with van der Waals surface area (Å²) >= 11 is 1.46. The molecule has 7 nitrogen and oxygen atoms in total. The Hall–Kier alpha value is -2.87. The molecule has 3 rings (SSSR count). The lowest BCUT2D eigenvalue weighted by molar-refractivity contribution is 0.101. The van der Waals surface area contributed by atoms with Gasteiger partial charge in [-0.25, -0.2) is 0 Å². The molecule has 0 aliphatic carbocycles. The quantitative estimate of drug-likeness (QED) is 0.467. The van der Waals surface area contributed by atoms with Crippen LogP contribution in [0.5, 0.6) is 11.5 Å². The number of hydrogen-bond acceptors (Lipinski definition) is 7. The molecule has 26 heavy (non-hydrogen) atoms. The number of carbonyl (C=O) groups excluding carboxylic acids is 1. The minimum absolute atomic E-state index is 0.0649. The third-order valence-electron chi connectivity index (χ3n) is 3.78. The Bertz CT molecular complexity index is 912. The molecule has 0 aliphatic rings. The van der Waals surface area contributed by atoms with Gasteiger partial charge in [0.15, 0.2) is 5.78 Å². The molecule has 8 heteroatoms. The predicted molar refractivity (Wildman–Crippen MR) is 98.3 cm³/mol. The minimum Gasteiger partial charge on any atom is -0.496 e. The molecular formula is C18H18N4O3S. The standard InChI is InChI=1S/C18H18N4O3S/c1-12(23)15-9-13(16(24-2)10-17(15)25-3)11-26-18-19-20-21-22(18)14-7-5-4-6-8-14/h4-10H,11H2,1-3H3. The van der Waals surface area contributed by atoms with Crippen LogP contribution in [0, 0.1) is 0 Å².